The minimum absolute atomic E-state index is 0.224. The zero-order valence-corrected chi connectivity index (χ0v) is 13.3. The number of hydrogen-bond acceptors (Lipinski definition) is 3. The van der Waals surface area contributed by atoms with Crippen molar-refractivity contribution in [3.8, 4) is 0 Å². The largest absolute Gasteiger partial charge is 0.393 e. The van der Waals surface area contributed by atoms with Crippen LogP contribution in [-0.4, -0.2) is 33.7 Å². The van der Waals surface area contributed by atoms with Crippen LogP contribution in [0.3, 0.4) is 0 Å². The molecule has 1 aromatic heterocycles. The van der Waals surface area contributed by atoms with Gasteiger partial charge in [-0.3, -0.25) is 4.68 Å². The molecular weight excluding hydrogens is 308 g/mol. The van der Waals surface area contributed by atoms with Crippen LogP contribution in [0.1, 0.15) is 44.0 Å². The lowest BCUT2D eigenvalue weighted by Crippen LogP contribution is -2.26. The van der Waals surface area contributed by atoms with E-state index < -0.39 is 0 Å². The fourth-order valence-corrected chi connectivity index (χ4v) is 3.11. The highest BCUT2D eigenvalue weighted by Crippen LogP contribution is 2.24. The van der Waals surface area contributed by atoms with E-state index >= 15 is 0 Å². The SMILES string of the molecule is CCn1nc(C)c(Br)c1CC(O)CC1CCCCO1. The number of rotatable bonds is 5. The van der Waals surface area contributed by atoms with Gasteiger partial charge in [-0.05, 0) is 55.5 Å². The molecule has 1 aliphatic heterocycles. The molecule has 0 aliphatic carbocycles. The summed E-state index contributed by atoms with van der Waals surface area (Å²) in [6.45, 7) is 5.72. The molecule has 0 aromatic carbocycles. The second-order valence-electron chi connectivity index (χ2n) is 5.24. The normalized spacial score (nSPS) is 21.6. The molecule has 1 N–H and O–H groups in total. The van der Waals surface area contributed by atoms with Crippen molar-refractivity contribution in [1.29, 1.82) is 0 Å². The van der Waals surface area contributed by atoms with Crippen LogP contribution in [0.5, 0.6) is 0 Å². The first kappa shape index (κ1) is 15.0. The third-order valence-corrected chi connectivity index (χ3v) is 4.72. The third-order valence-electron chi connectivity index (χ3n) is 3.69. The molecule has 4 nitrogen and oxygen atoms in total. The summed E-state index contributed by atoms with van der Waals surface area (Å²) in [4.78, 5) is 0. The highest BCUT2D eigenvalue weighted by Gasteiger charge is 2.21. The van der Waals surface area contributed by atoms with Gasteiger partial charge in [0.05, 0.1) is 28.1 Å². The molecule has 108 valence electrons. The number of aliphatic hydroxyl groups excluding tert-OH is 1. The molecule has 0 saturated carbocycles. The van der Waals surface area contributed by atoms with Gasteiger partial charge in [0.1, 0.15) is 0 Å². The lowest BCUT2D eigenvalue weighted by molar-refractivity contribution is -0.0151. The second-order valence-corrected chi connectivity index (χ2v) is 6.04. The minimum Gasteiger partial charge on any atom is -0.393 e. The van der Waals surface area contributed by atoms with Crippen LogP contribution >= 0.6 is 15.9 Å². The van der Waals surface area contributed by atoms with Gasteiger partial charge in [0, 0.05) is 19.6 Å². The number of nitrogens with zero attached hydrogens (tertiary/aromatic N) is 2. The average molecular weight is 331 g/mol. The average Bonchev–Trinajstić information content (AvgIpc) is 2.67. The van der Waals surface area contributed by atoms with Gasteiger partial charge in [0.2, 0.25) is 0 Å². The molecule has 5 heteroatoms. The smallest absolute Gasteiger partial charge is 0.0738 e. The molecule has 0 bridgehead atoms. The standard InChI is InChI=1S/C14H23BrN2O2/c1-3-17-13(14(15)10(2)16-17)9-11(18)8-12-6-4-5-7-19-12/h11-12,18H,3-9H2,1-2H3. The molecule has 2 heterocycles. The maximum atomic E-state index is 10.3. The highest BCUT2D eigenvalue weighted by molar-refractivity contribution is 9.10. The van der Waals surface area contributed by atoms with Crippen LogP contribution in [0, 0.1) is 6.92 Å². The van der Waals surface area contributed by atoms with Crippen molar-refractivity contribution in [1.82, 2.24) is 9.78 Å². The first-order valence-electron chi connectivity index (χ1n) is 7.13. The lowest BCUT2D eigenvalue weighted by Gasteiger charge is -2.24. The molecule has 0 radical (unpaired) electrons. The van der Waals surface area contributed by atoms with Gasteiger partial charge in [0.15, 0.2) is 0 Å². The van der Waals surface area contributed by atoms with Gasteiger partial charge in [-0.15, -0.1) is 0 Å². The molecule has 0 amide bonds. The van der Waals surface area contributed by atoms with E-state index in [4.69, 9.17) is 4.74 Å². The molecule has 2 atom stereocenters. The molecular formula is C14H23BrN2O2. The lowest BCUT2D eigenvalue weighted by atomic mass is 10.0. The second kappa shape index (κ2) is 6.86. The zero-order chi connectivity index (χ0) is 13.8. The number of halogens is 1. The molecule has 0 spiro atoms. The summed E-state index contributed by atoms with van der Waals surface area (Å²) < 4.78 is 8.67. The van der Waals surface area contributed by atoms with E-state index in [2.05, 4.69) is 28.0 Å². The number of aryl methyl sites for hydroxylation is 2. The summed E-state index contributed by atoms with van der Waals surface area (Å²) in [6, 6.07) is 0. The van der Waals surface area contributed by atoms with Crippen molar-refractivity contribution in [3.63, 3.8) is 0 Å². The van der Waals surface area contributed by atoms with Crippen LogP contribution in [0.2, 0.25) is 0 Å². The Morgan fingerprint density at radius 3 is 2.95 bits per heavy atom. The van der Waals surface area contributed by atoms with Gasteiger partial charge in [-0.1, -0.05) is 0 Å². The fraction of sp³-hybridized carbons (Fsp3) is 0.786. The van der Waals surface area contributed by atoms with E-state index in [1.165, 1.54) is 6.42 Å². The van der Waals surface area contributed by atoms with Crippen LogP contribution < -0.4 is 0 Å². The third kappa shape index (κ3) is 3.80. The van der Waals surface area contributed by atoms with Crippen molar-refractivity contribution in [2.75, 3.05) is 6.61 Å². The Bertz CT molecular complexity index is 414. The first-order valence-corrected chi connectivity index (χ1v) is 7.92. The van der Waals surface area contributed by atoms with Gasteiger partial charge < -0.3 is 9.84 Å². The topological polar surface area (TPSA) is 47.3 Å². The maximum absolute atomic E-state index is 10.3. The minimum atomic E-state index is -0.360. The Morgan fingerprint density at radius 2 is 2.32 bits per heavy atom. The van der Waals surface area contributed by atoms with E-state index in [0.29, 0.717) is 6.42 Å². The molecule has 1 saturated heterocycles. The monoisotopic (exact) mass is 330 g/mol. The Labute approximate surface area is 123 Å². The summed E-state index contributed by atoms with van der Waals surface area (Å²) in [6.07, 6.45) is 4.66. The molecule has 2 rings (SSSR count). The van der Waals surface area contributed by atoms with Crippen LogP contribution in [0.4, 0.5) is 0 Å². The summed E-state index contributed by atoms with van der Waals surface area (Å²) in [5, 5.41) is 14.7. The van der Waals surface area contributed by atoms with E-state index in [-0.39, 0.29) is 12.2 Å². The Kier molecular flexibility index (Phi) is 5.42. The molecule has 19 heavy (non-hydrogen) atoms. The predicted molar refractivity (Wildman–Crippen MR) is 78.3 cm³/mol. The predicted octanol–water partition coefficient (Wildman–Crippen LogP) is 2.84. The number of aliphatic hydroxyl groups is 1. The van der Waals surface area contributed by atoms with Crippen LogP contribution in [0.25, 0.3) is 0 Å². The molecule has 1 fully saturated rings. The van der Waals surface area contributed by atoms with Crippen molar-refractivity contribution in [3.05, 3.63) is 15.9 Å². The van der Waals surface area contributed by atoms with E-state index in [0.717, 1.165) is 48.3 Å². The first-order chi connectivity index (χ1) is 9.11. The quantitative estimate of drug-likeness (QED) is 0.903. The summed E-state index contributed by atoms with van der Waals surface area (Å²) in [5.41, 5.74) is 2.07. The van der Waals surface area contributed by atoms with E-state index in [1.54, 1.807) is 0 Å². The molecule has 1 aliphatic rings. The Morgan fingerprint density at radius 1 is 1.53 bits per heavy atom. The van der Waals surface area contributed by atoms with Crippen molar-refractivity contribution < 1.29 is 9.84 Å². The van der Waals surface area contributed by atoms with Crippen molar-refractivity contribution >= 4 is 15.9 Å². The summed E-state index contributed by atoms with van der Waals surface area (Å²) in [7, 11) is 0. The van der Waals surface area contributed by atoms with Gasteiger partial charge >= 0.3 is 0 Å². The van der Waals surface area contributed by atoms with Gasteiger partial charge in [-0.25, -0.2) is 0 Å². The maximum Gasteiger partial charge on any atom is 0.0738 e. The number of aromatic nitrogens is 2. The summed E-state index contributed by atoms with van der Waals surface area (Å²) in [5.74, 6) is 0. The Hall–Kier alpha value is -0.390. The van der Waals surface area contributed by atoms with Crippen LogP contribution in [-0.2, 0) is 17.7 Å². The highest BCUT2D eigenvalue weighted by atomic mass is 79.9. The van der Waals surface area contributed by atoms with Gasteiger partial charge in [-0.2, -0.15) is 5.10 Å². The summed E-state index contributed by atoms with van der Waals surface area (Å²) >= 11 is 3.57. The number of hydrogen-bond donors (Lipinski definition) is 1. The van der Waals surface area contributed by atoms with Crippen molar-refractivity contribution in [2.45, 2.75) is 64.7 Å². The van der Waals surface area contributed by atoms with E-state index in [1.807, 2.05) is 11.6 Å². The fourth-order valence-electron chi connectivity index (χ4n) is 2.67. The van der Waals surface area contributed by atoms with Gasteiger partial charge in [0.25, 0.3) is 0 Å². The van der Waals surface area contributed by atoms with E-state index in [9.17, 15) is 5.11 Å². The van der Waals surface area contributed by atoms with Crippen molar-refractivity contribution in [2.24, 2.45) is 0 Å². The zero-order valence-electron chi connectivity index (χ0n) is 11.7. The number of ether oxygens (including phenoxy) is 1. The van der Waals surface area contributed by atoms with Crippen LogP contribution in [0.15, 0.2) is 4.47 Å². The molecule has 2 unspecified atom stereocenters. The Balaban J connectivity index is 1.96. The molecule has 1 aromatic rings.